The number of aromatic nitrogens is 1. The van der Waals surface area contributed by atoms with Crippen LogP contribution < -0.4 is 4.87 Å². The van der Waals surface area contributed by atoms with Gasteiger partial charge in [0.2, 0.25) is 0 Å². The van der Waals surface area contributed by atoms with Crippen molar-refractivity contribution in [1.29, 1.82) is 0 Å². The molecular formula is C11H11NO2S. The molecule has 0 spiro atoms. The van der Waals surface area contributed by atoms with Crippen LogP contribution in [-0.4, -0.2) is 10.1 Å². The van der Waals surface area contributed by atoms with Gasteiger partial charge in [-0.2, -0.15) is 0 Å². The predicted molar refractivity (Wildman–Crippen MR) is 61.4 cm³/mol. The first-order valence-corrected chi connectivity index (χ1v) is 5.53. The number of phenolic OH excluding ortho intramolecular Hbond substituents is 1. The molecule has 78 valence electrons. The SMILES string of the molecule is CCc1sc(=O)[nH]c1-c1ccc(O)cc1. The number of nitrogens with one attached hydrogen (secondary N) is 1. The van der Waals surface area contributed by atoms with Crippen LogP contribution in [0.25, 0.3) is 11.3 Å². The Bertz CT molecular complexity index is 510. The van der Waals surface area contributed by atoms with Crippen LogP contribution >= 0.6 is 11.3 Å². The minimum atomic E-state index is -0.0325. The van der Waals surface area contributed by atoms with E-state index in [2.05, 4.69) is 4.98 Å². The van der Waals surface area contributed by atoms with Crippen molar-refractivity contribution in [2.45, 2.75) is 13.3 Å². The van der Waals surface area contributed by atoms with Crippen molar-refractivity contribution in [3.63, 3.8) is 0 Å². The zero-order valence-electron chi connectivity index (χ0n) is 8.28. The molecule has 0 aliphatic carbocycles. The number of hydrogen-bond acceptors (Lipinski definition) is 3. The maximum Gasteiger partial charge on any atom is 0.305 e. The molecule has 4 heteroatoms. The van der Waals surface area contributed by atoms with E-state index in [9.17, 15) is 4.79 Å². The average Bonchev–Trinajstić information content (AvgIpc) is 2.61. The Labute approximate surface area is 91.0 Å². The first kappa shape index (κ1) is 9.98. The summed E-state index contributed by atoms with van der Waals surface area (Å²) >= 11 is 1.24. The van der Waals surface area contributed by atoms with Crippen molar-refractivity contribution >= 4 is 11.3 Å². The second-order valence-electron chi connectivity index (χ2n) is 3.21. The van der Waals surface area contributed by atoms with Gasteiger partial charge in [-0.25, -0.2) is 0 Å². The van der Waals surface area contributed by atoms with E-state index in [1.165, 1.54) is 11.3 Å². The molecule has 2 N–H and O–H groups in total. The van der Waals surface area contributed by atoms with Gasteiger partial charge in [-0.15, -0.1) is 0 Å². The summed E-state index contributed by atoms with van der Waals surface area (Å²) in [5, 5.41) is 9.17. The molecule has 0 amide bonds. The molecule has 0 saturated carbocycles. The quantitative estimate of drug-likeness (QED) is 0.818. The van der Waals surface area contributed by atoms with Crippen LogP contribution in [0.2, 0.25) is 0 Å². The number of thiazole rings is 1. The third-order valence-corrected chi connectivity index (χ3v) is 3.23. The van der Waals surface area contributed by atoms with E-state index in [-0.39, 0.29) is 10.6 Å². The lowest BCUT2D eigenvalue weighted by molar-refractivity contribution is 0.475. The van der Waals surface area contributed by atoms with Crippen LogP contribution in [-0.2, 0) is 6.42 Å². The number of aromatic hydroxyl groups is 1. The fourth-order valence-electron chi connectivity index (χ4n) is 1.47. The van der Waals surface area contributed by atoms with Crippen LogP contribution in [0, 0.1) is 0 Å². The molecule has 15 heavy (non-hydrogen) atoms. The number of phenols is 1. The Kier molecular flexibility index (Phi) is 2.60. The Hall–Kier alpha value is -1.55. The molecule has 0 saturated heterocycles. The zero-order chi connectivity index (χ0) is 10.8. The van der Waals surface area contributed by atoms with Crippen LogP contribution in [0.1, 0.15) is 11.8 Å². The maximum atomic E-state index is 11.2. The van der Waals surface area contributed by atoms with Crippen LogP contribution in [0.3, 0.4) is 0 Å². The van der Waals surface area contributed by atoms with Gasteiger partial charge in [0.25, 0.3) is 0 Å². The lowest BCUT2D eigenvalue weighted by Gasteiger charge is -2.00. The van der Waals surface area contributed by atoms with E-state index in [4.69, 9.17) is 5.11 Å². The highest BCUT2D eigenvalue weighted by atomic mass is 32.1. The van der Waals surface area contributed by atoms with E-state index < -0.39 is 0 Å². The lowest BCUT2D eigenvalue weighted by Crippen LogP contribution is -1.92. The van der Waals surface area contributed by atoms with Crippen molar-refractivity contribution in [3.05, 3.63) is 38.8 Å². The van der Waals surface area contributed by atoms with Gasteiger partial charge in [0.1, 0.15) is 5.75 Å². The summed E-state index contributed by atoms with van der Waals surface area (Å²) < 4.78 is 0. The van der Waals surface area contributed by atoms with Crippen molar-refractivity contribution in [2.24, 2.45) is 0 Å². The van der Waals surface area contributed by atoms with Gasteiger partial charge in [0.05, 0.1) is 5.69 Å². The normalized spacial score (nSPS) is 10.5. The average molecular weight is 221 g/mol. The number of rotatable bonds is 2. The van der Waals surface area contributed by atoms with Crippen LogP contribution in [0.5, 0.6) is 5.75 Å². The molecule has 2 rings (SSSR count). The molecule has 0 fully saturated rings. The van der Waals surface area contributed by atoms with Crippen molar-refractivity contribution in [1.82, 2.24) is 4.98 Å². The van der Waals surface area contributed by atoms with Gasteiger partial charge in [-0.3, -0.25) is 4.79 Å². The summed E-state index contributed by atoms with van der Waals surface area (Å²) in [6.45, 7) is 2.02. The molecule has 0 bridgehead atoms. The summed E-state index contributed by atoms with van der Waals surface area (Å²) in [6.07, 6.45) is 0.833. The largest absolute Gasteiger partial charge is 0.508 e. The fourth-order valence-corrected chi connectivity index (χ4v) is 2.26. The predicted octanol–water partition coefficient (Wildman–Crippen LogP) is 2.37. The third kappa shape index (κ3) is 1.94. The van der Waals surface area contributed by atoms with E-state index in [1.54, 1.807) is 24.3 Å². The second-order valence-corrected chi connectivity index (χ2v) is 4.28. The van der Waals surface area contributed by atoms with E-state index >= 15 is 0 Å². The molecule has 0 atom stereocenters. The highest BCUT2D eigenvalue weighted by Crippen LogP contribution is 2.24. The van der Waals surface area contributed by atoms with Gasteiger partial charge in [0.15, 0.2) is 0 Å². The maximum absolute atomic E-state index is 11.2. The smallest absolute Gasteiger partial charge is 0.305 e. The minimum Gasteiger partial charge on any atom is -0.508 e. The number of aromatic amines is 1. The molecule has 1 aromatic carbocycles. The van der Waals surface area contributed by atoms with E-state index in [0.29, 0.717) is 0 Å². The van der Waals surface area contributed by atoms with Gasteiger partial charge in [-0.1, -0.05) is 18.3 Å². The molecule has 0 aliphatic rings. The second kappa shape index (κ2) is 3.90. The third-order valence-electron chi connectivity index (χ3n) is 2.20. The standard InChI is InChI=1S/C11H11NO2S/c1-2-9-10(12-11(14)15-9)7-3-5-8(13)6-4-7/h3-6,13H,2H2,1H3,(H,12,14). The Morgan fingerprint density at radius 2 is 2.00 bits per heavy atom. The van der Waals surface area contributed by atoms with Gasteiger partial charge in [-0.05, 0) is 36.2 Å². The molecular weight excluding hydrogens is 210 g/mol. The monoisotopic (exact) mass is 221 g/mol. The minimum absolute atomic E-state index is 0.0325. The summed E-state index contributed by atoms with van der Waals surface area (Å²) in [4.78, 5) is 15.1. The Balaban J connectivity index is 2.53. The Morgan fingerprint density at radius 3 is 2.60 bits per heavy atom. The molecule has 0 unspecified atom stereocenters. The molecule has 3 nitrogen and oxygen atoms in total. The highest BCUT2D eigenvalue weighted by Gasteiger charge is 2.07. The molecule has 0 radical (unpaired) electrons. The van der Waals surface area contributed by atoms with Crippen LogP contribution in [0.15, 0.2) is 29.1 Å². The van der Waals surface area contributed by atoms with E-state index in [0.717, 1.165) is 22.6 Å². The fraction of sp³-hybridized carbons (Fsp3) is 0.182. The van der Waals surface area contributed by atoms with Crippen LogP contribution in [0.4, 0.5) is 0 Å². The molecule has 0 aliphatic heterocycles. The highest BCUT2D eigenvalue weighted by molar-refractivity contribution is 7.09. The summed E-state index contributed by atoms with van der Waals surface area (Å²) in [5.74, 6) is 0.231. The molecule has 2 aromatic rings. The number of hydrogen-bond donors (Lipinski definition) is 2. The van der Waals surface area contributed by atoms with Crippen molar-refractivity contribution < 1.29 is 5.11 Å². The lowest BCUT2D eigenvalue weighted by atomic mass is 10.1. The van der Waals surface area contributed by atoms with Crippen molar-refractivity contribution in [3.8, 4) is 17.0 Å². The molecule has 1 aromatic heterocycles. The first-order chi connectivity index (χ1) is 7.20. The summed E-state index contributed by atoms with van der Waals surface area (Å²) in [5.41, 5.74) is 1.80. The number of H-pyrrole nitrogens is 1. The van der Waals surface area contributed by atoms with Gasteiger partial charge in [0, 0.05) is 4.88 Å². The van der Waals surface area contributed by atoms with Gasteiger partial charge < -0.3 is 10.1 Å². The topological polar surface area (TPSA) is 53.1 Å². The number of benzene rings is 1. The summed E-state index contributed by atoms with van der Waals surface area (Å²) in [7, 11) is 0. The van der Waals surface area contributed by atoms with E-state index in [1.807, 2.05) is 6.92 Å². The zero-order valence-corrected chi connectivity index (χ0v) is 9.10. The summed E-state index contributed by atoms with van der Waals surface area (Å²) in [6, 6.07) is 6.83. The molecule has 1 heterocycles. The Morgan fingerprint density at radius 1 is 1.33 bits per heavy atom. The van der Waals surface area contributed by atoms with Crippen molar-refractivity contribution in [2.75, 3.05) is 0 Å². The number of aryl methyl sites for hydroxylation is 1. The van der Waals surface area contributed by atoms with Gasteiger partial charge >= 0.3 is 4.87 Å². The first-order valence-electron chi connectivity index (χ1n) is 4.72.